The molecule has 104 valence electrons. The summed E-state index contributed by atoms with van der Waals surface area (Å²) in [7, 11) is 2.07. The normalized spacial score (nSPS) is 12.7. The molecule has 0 aliphatic rings. The summed E-state index contributed by atoms with van der Waals surface area (Å²) in [6.45, 7) is 3.25. The van der Waals surface area contributed by atoms with Crippen molar-refractivity contribution in [3.05, 3.63) is 40.6 Å². The predicted octanol–water partition coefficient (Wildman–Crippen LogP) is 3.55. The Morgan fingerprint density at radius 2 is 2.37 bits per heavy atom. The van der Waals surface area contributed by atoms with Gasteiger partial charge in [-0.15, -0.1) is 11.3 Å². The van der Waals surface area contributed by atoms with Gasteiger partial charge in [0.15, 0.2) is 0 Å². The minimum absolute atomic E-state index is 0.375. The van der Waals surface area contributed by atoms with E-state index in [-0.39, 0.29) is 0 Å². The molecule has 0 aliphatic carbocycles. The number of imidazole rings is 1. The van der Waals surface area contributed by atoms with E-state index in [0.29, 0.717) is 6.04 Å². The number of aryl methyl sites for hydroxylation is 2. The summed E-state index contributed by atoms with van der Waals surface area (Å²) in [5, 5.41) is 5.77. The Morgan fingerprint density at radius 1 is 1.47 bits per heavy atom. The zero-order valence-corrected chi connectivity index (χ0v) is 12.6. The third-order valence-electron chi connectivity index (χ3n) is 3.31. The van der Waals surface area contributed by atoms with Crippen LogP contribution >= 0.6 is 11.3 Å². The van der Waals surface area contributed by atoms with E-state index < -0.39 is 0 Å². The number of nitrogens with zero attached hydrogens (tertiary/aromatic N) is 2. The van der Waals surface area contributed by atoms with Crippen LogP contribution in [0.5, 0.6) is 0 Å². The van der Waals surface area contributed by atoms with Crippen LogP contribution in [0.1, 0.15) is 42.9 Å². The van der Waals surface area contributed by atoms with Gasteiger partial charge in [-0.1, -0.05) is 13.0 Å². The second-order valence-corrected chi connectivity index (χ2v) is 5.91. The molecule has 4 heteroatoms. The van der Waals surface area contributed by atoms with E-state index in [2.05, 4.69) is 46.4 Å². The molecule has 0 aliphatic heterocycles. The van der Waals surface area contributed by atoms with Gasteiger partial charge >= 0.3 is 0 Å². The first-order valence-corrected chi connectivity index (χ1v) is 7.92. The molecule has 2 aromatic rings. The molecule has 3 nitrogen and oxygen atoms in total. The van der Waals surface area contributed by atoms with E-state index in [1.165, 1.54) is 17.7 Å². The van der Waals surface area contributed by atoms with Gasteiger partial charge in [0.25, 0.3) is 0 Å². The highest BCUT2D eigenvalue weighted by molar-refractivity contribution is 7.09. The summed E-state index contributed by atoms with van der Waals surface area (Å²) >= 11 is 1.85. The third kappa shape index (κ3) is 4.18. The Balaban J connectivity index is 1.89. The third-order valence-corrected chi connectivity index (χ3v) is 4.24. The second-order valence-electron chi connectivity index (χ2n) is 4.87. The minimum atomic E-state index is 0.375. The first-order chi connectivity index (χ1) is 9.31. The van der Waals surface area contributed by atoms with Crippen molar-refractivity contribution in [2.75, 3.05) is 6.54 Å². The Morgan fingerprint density at radius 3 is 3.00 bits per heavy atom. The standard InChI is InChI=1S/C15H23N3S/c1-3-9-16-14(15-17-10-11-18(15)2)8-4-6-13-7-5-12-19-13/h5,7,10-12,14,16H,3-4,6,8-9H2,1-2H3. The summed E-state index contributed by atoms with van der Waals surface area (Å²) in [4.78, 5) is 5.97. The summed E-state index contributed by atoms with van der Waals surface area (Å²) in [6.07, 6.45) is 8.58. The van der Waals surface area contributed by atoms with Gasteiger partial charge in [0.05, 0.1) is 6.04 Å². The van der Waals surface area contributed by atoms with Crippen LogP contribution in [0.2, 0.25) is 0 Å². The van der Waals surface area contributed by atoms with Crippen molar-refractivity contribution in [1.29, 1.82) is 0 Å². The molecular weight excluding hydrogens is 254 g/mol. The van der Waals surface area contributed by atoms with Crippen molar-refractivity contribution < 1.29 is 0 Å². The van der Waals surface area contributed by atoms with E-state index in [4.69, 9.17) is 0 Å². The Hall–Kier alpha value is -1.13. The topological polar surface area (TPSA) is 29.9 Å². The van der Waals surface area contributed by atoms with Crippen molar-refractivity contribution in [2.45, 2.75) is 38.6 Å². The average molecular weight is 277 g/mol. The molecule has 0 aromatic carbocycles. The molecule has 1 unspecified atom stereocenters. The van der Waals surface area contributed by atoms with Crippen molar-refractivity contribution in [2.24, 2.45) is 7.05 Å². The number of rotatable bonds is 8. The van der Waals surface area contributed by atoms with Crippen LogP contribution in [0.3, 0.4) is 0 Å². The van der Waals surface area contributed by atoms with Crippen LogP contribution in [0.4, 0.5) is 0 Å². The molecule has 0 spiro atoms. The molecule has 0 radical (unpaired) electrons. The van der Waals surface area contributed by atoms with Gasteiger partial charge in [-0.2, -0.15) is 0 Å². The zero-order valence-electron chi connectivity index (χ0n) is 11.8. The van der Waals surface area contributed by atoms with Crippen molar-refractivity contribution >= 4 is 11.3 Å². The molecule has 1 atom stereocenters. The van der Waals surface area contributed by atoms with Gasteiger partial charge in [0.2, 0.25) is 0 Å². The number of thiophene rings is 1. The van der Waals surface area contributed by atoms with Crippen molar-refractivity contribution in [3.8, 4) is 0 Å². The Labute approximate surface area is 119 Å². The smallest absolute Gasteiger partial charge is 0.125 e. The lowest BCUT2D eigenvalue weighted by Crippen LogP contribution is -2.24. The van der Waals surface area contributed by atoms with Crippen molar-refractivity contribution in [3.63, 3.8) is 0 Å². The molecule has 0 amide bonds. The molecule has 0 bridgehead atoms. The summed E-state index contributed by atoms with van der Waals surface area (Å²) in [6, 6.07) is 4.73. The first-order valence-electron chi connectivity index (χ1n) is 7.04. The maximum Gasteiger partial charge on any atom is 0.125 e. The highest BCUT2D eigenvalue weighted by Gasteiger charge is 2.14. The van der Waals surface area contributed by atoms with Gasteiger partial charge in [0.1, 0.15) is 5.82 Å². The summed E-state index contributed by atoms with van der Waals surface area (Å²) in [5.74, 6) is 1.15. The molecule has 1 N–H and O–H groups in total. The van der Waals surface area contributed by atoms with Gasteiger partial charge in [-0.3, -0.25) is 0 Å². The van der Waals surface area contributed by atoms with E-state index >= 15 is 0 Å². The monoisotopic (exact) mass is 277 g/mol. The molecule has 19 heavy (non-hydrogen) atoms. The Kier molecular flexibility index (Phi) is 5.61. The first kappa shape index (κ1) is 14.3. The SMILES string of the molecule is CCCNC(CCCc1cccs1)c1nccn1C. The van der Waals surface area contributed by atoms with E-state index in [9.17, 15) is 0 Å². The van der Waals surface area contributed by atoms with Gasteiger partial charge in [0, 0.05) is 24.3 Å². The van der Waals surface area contributed by atoms with E-state index in [1.54, 1.807) is 0 Å². The molecule has 0 saturated carbocycles. The van der Waals surface area contributed by atoms with Gasteiger partial charge < -0.3 is 9.88 Å². The summed E-state index contributed by atoms with van der Waals surface area (Å²) in [5.41, 5.74) is 0. The average Bonchev–Trinajstić information content (AvgIpc) is 3.05. The number of hydrogen-bond donors (Lipinski definition) is 1. The Bertz CT molecular complexity index is 461. The van der Waals surface area contributed by atoms with Crippen LogP contribution in [0, 0.1) is 0 Å². The zero-order chi connectivity index (χ0) is 13.5. The van der Waals surface area contributed by atoms with Crippen LogP contribution in [-0.4, -0.2) is 16.1 Å². The maximum absolute atomic E-state index is 4.49. The fourth-order valence-corrected chi connectivity index (χ4v) is 3.04. The molecule has 2 rings (SSSR count). The second kappa shape index (κ2) is 7.46. The lowest BCUT2D eigenvalue weighted by Gasteiger charge is -2.18. The maximum atomic E-state index is 4.49. The largest absolute Gasteiger partial charge is 0.337 e. The predicted molar refractivity (Wildman–Crippen MR) is 81.5 cm³/mol. The lowest BCUT2D eigenvalue weighted by atomic mass is 10.1. The quantitative estimate of drug-likeness (QED) is 0.800. The van der Waals surface area contributed by atoms with Crippen LogP contribution in [0.25, 0.3) is 0 Å². The van der Waals surface area contributed by atoms with Crippen LogP contribution in [0.15, 0.2) is 29.9 Å². The fraction of sp³-hybridized carbons (Fsp3) is 0.533. The van der Waals surface area contributed by atoms with Crippen LogP contribution in [-0.2, 0) is 13.5 Å². The van der Waals surface area contributed by atoms with E-state index in [0.717, 1.165) is 25.2 Å². The molecule has 2 aromatic heterocycles. The molecule has 2 heterocycles. The van der Waals surface area contributed by atoms with Gasteiger partial charge in [-0.25, -0.2) is 4.98 Å². The van der Waals surface area contributed by atoms with E-state index in [1.807, 2.05) is 23.7 Å². The fourth-order valence-electron chi connectivity index (χ4n) is 2.29. The number of nitrogens with one attached hydrogen (secondary N) is 1. The number of aromatic nitrogens is 2. The number of hydrogen-bond acceptors (Lipinski definition) is 3. The molecule has 0 saturated heterocycles. The van der Waals surface area contributed by atoms with Gasteiger partial charge in [-0.05, 0) is 43.7 Å². The molecule has 0 fully saturated rings. The minimum Gasteiger partial charge on any atom is -0.337 e. The van der Waals surface area contributed by atoms with Crippen LogP contribution < -0.4 is 5.32 Å². The lowest BCUT2D eigenvalue weighted by molar-refractivity contribution is 0.454. The van der Waals surface area contributed by atoms with Crippen molar-refractivity contribution in [1.82, 2.24) is 14.9 Å². The highest BCUT2D eigenvalue weighted by atomic mass is 32.1. The summed E-state index contributed by atoms with van der Waals surface area (Å²) < 4.78 is 2.12. The molecular formula is C15H23N3S. The highest BCUT2D eigenvalue weighted by Crippen LogP contribution is 2.19.